The van der Waals surface area contributed by atoms with E-state index < -0.39 is 6.04 Å². The van der Waals surface area contributed by atoms with Crippen LogP contribution in [-0.4, -0.2) is 28.6 Å². The highest BCUT2D eigenvalue weighted by Crippen LogP contribution is 2.45. The Morgan fingerprint density at radius 2 is 1.86 bits per heavy atom. The number of amidine groups is 1. The molecule has 0 saturated carbocycles. The predicted molar refractivity (Wildman–Crippen MR) is 143 cm³/mol. The van der Waals surface area contributed by atoms with E-state index in [0.29, 0.717) is 11.3 Å². The summed E-state index contributed by atoms with van der Waals surface area (Å²) in [6.07, 6.45) is 3.26. The fourth-order valence-electron chi connectivity index (χ4n) is 5.34. The number of carbonyl (C=O) groups excluding carboxylic acids is 2. The van der Waals surface area contributed by atoms with Gasteiger partial charge in [-0.1, -0.05) is 60.3 Å². The van der Waals surface area contributed by atoms with E-state index in [1.165, 1.54) is 22.9 Å². The first-order valence-electron chi connectivity index (χ1n) is 12.5. The smallest absolute Gasteiger partial charge is 0.338 e. The summed E-state index contributed by atoms with van der Waals surface area (Å²) in [5, 5.41) is 6.03. The van der Waals surface area contributed by atoms with E-state index in [1.807, 2.05) is 54.5 Å². The van der Waals surface area contributed by atoms with Gasteiger partial charge in [0.25, 0.3) is 0 Å². The van der Waals surface area contributed by atoms with Crippen LogP contribution in [-0.2, 0) is 20.7 Å². The van der Waals surface area contributed by atoms with Crippen LogP contribution in [0.5, 0.6) is 0 Å². The Morgan fingerprint density at radius 3 is 2.64 bits per heavy atom. The largest absolute Gasteiger partial charge is 0.463 e. The molecule has 0 spiro atoms. The number of aryl methyl sites for hydroxylation is 2. The molecule has 36 heavy (non-hydrogen) atoms. The van der Waals surface area contributed by atoms with E-state index in [2.05, 4.69) is 23.5 Å². The SMILES string of the molecule is CCOC(=O)C1=C(C)N=C2SC=C(CC(=O)N[C@@H]3CCCc4ccccc43)N2[C@H]1c1ccccc1C. The van der Waals surface area contributed by atoms with Crippen LogP contribution < -0.4 is 5.32 Å². The van der Waals surface area contributed by atoms with Crippen molar-refractivity contribution in [3.8, 4) is 0 Å². The van der Waals surface area contributed by atoms with Crippen LogP contribution in [0.25, 0.3) is 0 Å². The second-order valence-electron chi connectivity index (χ2n) is 9.36. The third-order valence-corrected chi connectivity index (χ3v) is 7.91. The fourth-order valence-corrected chi connectivity index (χ4v) is 6.31. The first-order valence-corrected chi connectivity index (χ1v) is 13.4. The van der Waals surface area contributed by atoms with E-state index >= 15 is 0 Å². The quantitative estimate of drug-likeness (QED) is 0.513. The number of thioether (sulfide) groups is 1. The lowest BCUT2D eigenvalue weighted by Crippen LogP contribution is -2.39. The molecule has 0 radical (unpaired) electrons. The average Bonchev–Trinajstić information content (AvgIpc) is 3.25. The van der Waals surface area contributed by atoms with E-state index in [4.69, 9.17) is 9.73 Å². The van der Waals surface area contributed by atoms with Crippen molar-refractivity contribution in [3.05, 3.63) is 93.2 Å². The summed E-state index contributed by atoms with van der Waals surface area (Å²) >= 11 is 1.49. The van der Waals surface area contributed by atoms with Gasteiger partial charge in [-0.3, -0.25) is 4.79 Å². The number of esters is 1. The molecular weight excluding hydrogens is 470 g/mol. The van der Waals surface area contributed by atoms with Gasteiger partial charge in [0.1, 0.15) is 0 Å². The van der Waals surface area contributed by atoms with Gasteiger partial charge < -0.3 is 15.0 Å². The minimum Gasteiger partial charge on any atom is -0.463 e. The lowest BCUT2D eigenvalue weighted by atomic mass is 9.87. The molecule has 0 saturated heterocycles. The molecule has 3 aliphatic rings. The van der Waals surface area contributed by atoms with Crippen LogP contribution >= 0.6 is 11.8 Å². The summed E-state index contributed by atoms with van der Waals surface area (Å²) in [7, 11) is 0. The van der Waals surface area contributed by atoms with Gasteiger partial charge in [-0.05, 0) is 67.7 Å². The zero-order valence-electron chi connectivity index (χ0n) is 20.9. The molecule has 186 valence electrons. The van der Waals surface area contributed by atoms with Crippen molar-refractivity contribution in [2.24, 2.45) is 4.99 Å². The average molecular weight is 502 g/mol. The molecule has 2 heterocycles. The highest BCUT2D eigenvalue weighted by Gasteiger charge is 2.41. The number of amides is 1. The second-order valence-corrected chi connectivity index (χ2v) is 10.2. The van der Waals surface area contributed by atoms with Crippen LogP contribution in [0.2, 0.25) is 0 Å². The van der Waals surface area contributed by atoms with Gasteiger partial charge in [0, 0.05) is 5.70 Å². The van der Waals surface area contributed by atoms with Gasteiger partial charge in [-0.2, -0.15) is 0 Å². The number of ether oxygens (including phenoxy) is 1. The number of nitrogens with one attached hydrogen (secondary N) is 1. The summed E-state index contributed by atoms with van der Waals surface area (Å²) in [6.45, 7) is 5.99. The van der Waals surface area contributed by atoms with Crippen molar-refractivity contribution in [1.29, 1.82) is 0 Å². The summed E-state index contributed by atoms with van der Waals surface area (Å²) in [4.78, 5) is 33.2. The Hall–Kier alpha value is -3.32. The highest BCUT2D eigenvalue weighted by atomic mass is 32.2. The normalized spacial score (nSPS) is 20.8. The molecular formula is C29H31N3O3S. The van der Waals surface area contributed by atoms with Gasteiger partial charge in [-0.15, -0.1) is 0 Å². The number of allylic oxidation sites excluding steroid dienone is 1. The van der Waals surface area contributed by atoms with Gasteiger partial charge in [0.15, 0.2) is 5.17 Å². The zero-order valence-corrected chi connectivity index (χ0v) is 21.7. The zero-order chi connectivity index (χ0) is 25.2. The van der Waals surface area contributed by atoms with E-state index in [9.17, 15) is 9.59 Å². The fraction of sp³-hybridized carbons (Fsp3) is 0.345. The standard InChI is InChI=1S/C29H31N3O3S/c1-4-35-28(34)26-19(3)30-29-32(27(26)22-13-7-5-10-18(22)2)21(17-36-29)16-25(33)31-24-15-9-12-20-11-6-8-14-23(20)24/h5-8,10-11,13-14,17,24,27H,4,9,12,15-16H2,1-3H3,(H,31,33)/t24-,27+/m1/s1. The number of aliphatic imine (C=N–C) groups is 1. The number of hydrogen-bond acceptors (Lipinski definition) is 6. The molecule has 2 atom stereocenters. The second kappa shape index (κ2) is 10.3. The molecule has 2 aliphatic heterocycles. The number of benzene rings is 2. The van der Waals surface area contributed by atoms with Crippen LogP contribution in [0.15, 0.2) is 75.9 Å². The van der Waals surface area contributed by atoms with Crippen molar-refractivity contribution in [2.75, 3.05) is 6.61 Å². The number of nitrogens with zero attached hydrogens (tertiary/aromatic N) is 2. The van der Waals surface area contributed by atoms with Gasteiger partial charge in [0.2, 0.25) is 5.91 Å². The molecule has 6 nitrogen and oxygen atoms in total. The maximum atomic E-state index is 13.3. The summed E-state index contributed by atoms with van der Waals surface area (Å²) < 4.78 is 5.44. The summed E-state index contributed by atoms with van der Waals surface area (Å²) in [5.74, 6) is -0.400. The molecule has 2 aromatic rings. The van der Waals surface area contributed by atoms with E-state index in [1.54, 1.807) is 6.92 Å². The van der Waals surface area contributed by atoms with Gasteiger partial charge in [0.05, 0.1) is 36.4 Å². The molecule has 0 bridgehead atoms. The molecule has 7 heteroatoms. The van der Waals surface area contributed by atoms with Crippen molar-refractivity contribution in [2.45, 2.75) is 58.5 Å². The molecule has 1 aliphatic carbocycles. The number of fused-ring (bicyclic) bond motifs is 2. The molecule has 0 aromatic heterocycles. The van der Waals surface area contributed by atoms with Crippen molar-refractivity contribution < 1.29 is 14.3 Å². The maximum absolute atomic E-state index is 13.3. The number of rotatable bonds is 6. The first kappa shape index (κ1) is 24.4. The molecule has 0 unspecified atom stereocenters. The van der Waals surface area contributed by atoms with Crippen LogP contribution in [0.4, 0.5) is 0 Å². The molecule has 5 rings (SSSR count). The van der Waals surface area contributed by atoms with Crippen LogP contribution in [0.1, 0.15) is 67.4 Å². The third-order valence-electron chi connectivity index (χ3n) is 7.03. The number of hydrogen-bond donors (Lipinski definition) is 1. The van der Waals surface area contributed by atoms with Crippen LogP contribution in [0.3, 0.4) is 0 Å². The van der Waals surface area contributed by atoms with E-state index in [0.717, 1.165) is 41.3 Å². The molecule has 0 fully saturated rings. The monoisotopic (exact) mass is 501 g/mol. The Balaban J connectivity index is 1.43. The molecule has 1 N–H and O–H groups in total. The Labute approximate surface area is 216 Å². The van der Waals surface area contributed by atoms with Crippen LogP contribution in [0, 0.1) is 6.92 Å². The Kier molecular flexibility index (Phi) is 7.01. The van der Waals surface area contributed by atoms with Crippen molar-refractivity contribution >= 4 is 28.8 Å². The first-order chi connectivity index (χ1) is 17.5. The lowest BCUT2D eigenvalue weighted by Gasteiger charge is -2.37. The Morgan fingerprint density at radius 1 is 1.11 bits per heavy atom. The Bertz CT molecular complexity index is 1300. The lowest BCUT2D eigenvalue weighted by molar-refractivity contribution is -0.139. The third kappa shape index (κ3) is 4.60. The van der Waals surface area contributed by atoms with Gasteiger partial charge >= 0.3 is 5.97 Å². The highest BCUT2D eigenvalue weighted by molar-refractivity contribution is 8.16. The topological polar surface area (TPSA) is 71.0 Å². The minimum absolute atomic E-state index is 0.0241. The summed E-state index contributed by atoms with van der Waals surface area (Å²) in [5.41, 5.74) is 6.61. The minimum atomic E-state index is -0.401. The maximum Gasteiger partial charge on any atom is 0.338 e. The van der Waals surface area contributed by atoms with Gasteiger partial charge in [-0.25, -0.2) is 9.79 Å². The van der Waals surface area contributed by atoms with E-state index in [-0.39, 0.29) is 30.9 Å². The molecule has 2 aromatic carbocycles. The van der Waals surface area contributed by atoms with Crippen molar-refractivity contribution in [1.82, 2.24) is 10.2 Å². The molecule has 1 amide bonds. The summed E-state index contributed by atoms with van der Waals surface area (Å²) in [6, 6.07) is 16.0. The van der Waals surface area contributed by atoms with Crippen molar-refractivity contribution in [3.63, 3.8) is 0 Å². The predicted octanol–water partition coefficient (Wildman–Crippen LogP) is 5.72. The number of carbonyl (C=O) groups is 2.